The number of carbonyl (C=O) groups excluding carboxylic acids is 1. The lowest BCUT2D eigenvalue weighted by Crippen LogP contribution is -2.13. The summed E-state index contributed by atoms with van der Waals surface area (Å²) in [6.45, 7) is 3.26. The number of anilines is 2. The third-order valence-electron chi connectivity index (χ3n) is 4.53. The van der Waals surface area contributed by atoms with Crippen LogP contribution in [0, 0.1) is 6.92 Å². The lowest BCUT2D eigenvalue weighted by molar-refractivity contribution is -0.114. The minimum atomic E-state index is -3.73. The molecule has 0 saturated heterocycles. The fraction of sp³-hybridized carbons (Fsp3) is 0.0909. The highest BCUT2D eigenvalue weighted by atomic mass is 32.2. The zero-order chi connectivity index (χ0) is 21.3. The maximum Gasteiger partial charge on any atom is 0.261 e. The molecule has 1 heterocycles. The zero-order valence-corrected chi connectivity index (χ0v) is 17.3. The van der Waals surface area contributed by atoms with E-state index >= 15 is 0 Å². The monoisotopic (exact) mass is 420 g/mol. The third-order valence-corrected chi connectivity index (χ3v) is 5.91. The third kappa shape index (κ3) is 4.04. The van der Waals surface area contributed by atoms with Crippen LogP contribution in [0.15, 0.2) is 77.7 Å². The molecule has 1 aromatic heterocycles. The summed E-state index contributed by atoms with van der Waals surface area (Å²) in [5, 5.41) is 8.94. The fourth-order valence-electron chi connectivity index (χ4n) is 3.18. The number of amides is 1. The number of rotatable bonds is 5. The van der Waals surface area contributed by atoms with E-state index in [0.29, 0.717) is 17.2 Å². The van der Waals surface area contributed by atoms with Crippen LogP contribution in [0.2, 0.25) is 0 Å². The molecule has 152 valence electrons. The van der Waals surface area contributed by atoms with Crippen LogP contribution >= 0.6 is 0 Å². The lowest BCUT2D eigenvalue weighted by atomic mass is 10.1. The predicted molar refractivity (Wildman–Crippen MR) is 117 cm³/mol. The molecule has 2 N–H and O–H groups in total. The van der Waals surface area contributed by atoms with Crippen molar-refractivity contribution in [3.05, 3.63) is 78.5 Å². The SMILES string of the molecule is CC(=O)Nc1cc(C)nn1-c1ccc(NS(=O)(=O)c2ccc3ccccc3c2)cc1. The lowest BCUT2D eigenvalue weighted by Gasteiger charge is -2.11. The fourth-order valence-corrected chi connectivity index (χ4v) is 4.28. The van der Waals surface area contributed by atoms with Gasteiger partial charge in [-0.15, -0.1) is 0 Å². The van der Waals surface area contributed by atoms with Gasteiger partial charge >= 0.3 is 0 Å². The first kappa shape index (κ1) is 19.7. The predicted octanol–water partition coefficient (Wildman–Crippen LogP) is 4.09. The summed E-state index contributed by atoms with van der Waals surface area (Å²) >= 11 is 0. The standard InChI is InChI=1S/C22H20N4O3S/c1-15-13-22(23-16(2)27)26(24-15)20-10-8-19(9-11-20)25-30(28,29)21-12-7-17-5-3-4-6-18(17)14-21/h3-14,25H,1-2H3,(H,23,27). The van der Waals surface area contributed by atoms with Crippen LogP contribution in [0.1, 0.15) is 12.6 Å². The van der Waals surface area contributed by atoms with E-state index in [-0.39, 0.29) is 10.8 Å². The molecule has 4 rings (SSSR count). The maximum absolute atomic E-state index is 12.8. The second-order valence-electron chi connectivity index (χ2n) is 6.93. The average molecular weight is 420 g/mol. The van der Waals surface area contributed by atoms with E-state index in [0.717, 1.165) is 16.5 Å². The number of nitrogens with zero attached hydrogens (tertiary/aromatic N) is 2. The Morgan fingerprint density at radius 1 is 0.933 bits per heavy atom. The number of sulfonamides is 1. The normalized spacial score (nSPS) is 11.4. The smallest absolute Gasteiger partial charge is 0.261 e. The molecule has 3 aromatic carbocycles. The van der Waals surface area contributed by atoms with E-state index in [1.54, 1.807) is 53.2 Å². The van der Waals surface area contributed by atoms with E-state index < -0.39 is 10.0 Å². The molecule has 0 aliphatic rings. The number of carbonyl (C=O) groups is 1. The van der Waals surface area contributed by atoms with Crippen LogP contribution in [0.25, 0.3) is 16.5 Å². The molecule has 0 saturated carbocycles. The van der Waals surface area contributed by atoms with Crippen LogP contribution < -0.4 is 10.0 Å². The Morgan fingerprint density at radius 2 is 1.63 bits per heavy atom. The summed E-state index contributed by atoms with van der Waals surface area (Å²) in [5.74, 6) is 0.348. The highest BCUT2D eigenvalue weighted by Crippen LogP contribution is 2.23. The average Bonchev–Trinajstić information content (AvgIpc) is 3.07. The van der Waals surface area contributed by atoms with Gasteiger partial charge < -0.3 is 5.32 Å². The maximum atomic E-state index is 12.8. The molecule has 0 aliphatic carbocycles. The Balaban J connectivity index is 1.59. The number of nitrogens with one attached hydrogen (secondary N) is 2. The first-order valence-electron chi connectivity index (χ1n) is 9.28. The summed E-state index contributed by atoms with van der Waals surface area (Å²) in [4.78, 5) is 11.6. The number of hydrogen-bond acceptors (Lipinski definition) is 4. The van der Waals surface area contributed by atoms with Crippen molar-refractivity contribution in [1.82, 2.24) is 9.78 Å². The van der Waals surface area contributed by atoms with E-state index in [1.807, 2.05) is 31.2 Å². The van der Waals surface area contributed by atoms with Gasteiger partial charge in [0, 0.05) is 18.7 Å². The van der Waals surface area contributed by atoms with Gasteiger partial charge in [0.15, 0.2) is 0 Å². The largest absolute Gasteiger partial charge is 0.311 e. The zero-order valence-electron chi connectivity index (χ0n) is 16.5. The Labute approximate surface area is 174 Å². The number of aryl methyl sites for hydroxylation is 1. The summed E-state index contributed by atoms with van der Waals surface area (Å²) in [6, 6.07) is 21.2. The molecule has 0 radical (unpaired) electrons. The van der Waals surface area contributed by atoms with Crippen molar-refractivity contribution in [2.45, 2.75) is 18.7 Å². The van der Waals surface area contributed by atoms with E-state index in [4.69, 9.17) is 0 Å². The topological polar surface area (TPSA) is 93.1 Å². The molecule has 0 spiro atoms. The van der Waals surface area contributed by atoms with Crippen molar-refractivity contribution >= 4 is 38.2 Å². The first-order chi connectivity index (χ1) is 14.3. The second-order valence-corrected chi connectivity index (χ2v) is 8.61. The molecular formula is C22H20N4O3S. The molecular weight excluding hydrogens is 400 g/mol. The van der Waals surface area contributed by atoms with Crippen LogP contribution in [-0.4, -0.2) is 24.1 Å². The van der Waals surface area contributed by atoms with Crippen LogP contribution in [0.4, 0.5) is 11.5 Å². The Morgan fingerprint density at radius 3 is 2.33 bits per heavy atom. The van der Waals surface area contributed by atoms with Crippen LogP contribution in [0.5, 0.6) is 0 Å². The summed E-state index contributed by atoms with van der Waals surface area (Å²) in [6.07, 6.45) is 0. The van der Waals surface area contributed by atoms with Gasteiger partial charge in [0.2, 0.25) is 5.91 Å². The summed E-state index contributed by atoms with van der Waals surface area (Å²) in [5.41, 5.74) is 1.87. The number of benzene rings is 3. The Bertz CT molecular complexity index is 1340. The van der Waals surface area contributed by atoms with E-state index in [2.05, 4.69) is 15.1 Å². The van der Waals surface area contributed by atoms with Crippen molar-refractivity contribution in [1.29, 1.82) is 0 Å². The van der Waals surface area contributed by atoms with Gasteiger partial charge in [-0.25, -0.2) is 13.1 Å². The van der Waals surface area contributed by atoms with Gasteiger partial charge in [0.25, 0.3) is 10.0 Å². The van der Waals surface area contributed by atoms with Crippen LogP contribution in [0.3, 0.4) is 0 Å². The van der Waals surface area contributed by atoms with Crippen molar-refractivity contribution in [3.8, 4) is 5.69 Å². The number of hydrogen-bond donors (Lipinski definition) is 2. The quantitative estimate of drug-likeness (QED) is 0.508. The van der Waals surface area contributed by atoms with E-state index in [1.165, 1.54) is 6.92 Å². The Hall–Kier alpha value is -3.65. The summed E-state index contributed by atoms with van der Waals surface area (Å²) < 4.78 is 29.8. The minimum absolute atomic E-state index is 0.195. The highest BCUT2D eigenvalue weighted by Gasteiger charge is 2.15. The molecule has 1 amide bonds. The van der Waals surface area contributed by atoms with Crippen molar-refractivity contribution in [2.24, 2.45) is 0 Å². The molecule has 0 fully saturated rings. The van der Waals surface area contributed by atoms with Crippen molar-refractivity contribution in [3.63, 3.8) is 0 Å². The molecule has 30 heavy (non-hydrogen) atoms. The van der Waals surface area contributed by atoms with Gasteiger partial charge in [-0.3, -0.25) is 9.52 Å². The first-order valence-corrected chi connectivity index (χ1v) is 10.8. The minimum Gasteiger partial charge on any atom is -0.311 e. The molecule has 0 unspecified atom stereocenters. The summed E-state index contributed by atoms with van der Waals surface area (Å²) in [7, 11) is -3.73. The molecule has 7 nitrogen and oxygen atoms in total. The Kier molecular flexibility index (Phi) is 5.01. The van der Waals surface area contributed by atoms with Gasteiger partial charge in [-0.1, -0.05) is 30.3 Å². The second kappa shape index (κ2) is 7.64. The molecule has 4 aromatic rings. The van der Waals surface area contributed by atoms with Gasteiger partial charge in [-0.2, -0.15) is 5.10 Å². The van der Waals surface area contributed by atoms with Gasteiger partial charge in [0.1, 0.15) is 5.82 Å². The van der Waals surface area contributed by atoms with Crippen molar-refractivity contribution in [2.75, 3.05) is 10.0 Å². The molecule has 0 atom stereocenters. The highest BCUT2D eigenvalue weighted by molar-refractivity contribution is 7.92. The van der Waals surface area contributed by atoms with E-state index in [9.17, 15) is 13.2 Å². The van der Waals surface area contributed by atoms with Crippen molar-refractivity contribution < 1.29 is 13.2 Å². The molecule has 0 bridgehead atoms. The number of fused-ring (bicyclic) bond motifs is 1. The number of aromatic nitrogens is 2. The molecule has 0 aliphatic heterocycles. The molecule has 8 heteroatoms. The van der Waals surface area contributed by atoms with Gasteiger partial charge in [-0.05, 0) is 54.1 Å². The van der Waals surface area contributed by atoms with Gasteiger partial charge in [0.05, 0.1) is 16.3 Å². The van der Waals surface area contributed by atoms with Crippen LogP contribution in [-0.2, 0) is 14.8 Å².